The third kappa shape index (κ3) is 3.81. The van der Waals surface area contributed by atoms with Gasteiger partial charge < -0.3 is 10.4 Å². The molecule has 0 spiro atoms. The van der Waals surface area contributed by atoms with Crippen molar-refractivity contribution in [2.24, 2.45) is 0 Å². The lowest BCUT2D eigenvalue weighted by Crippen LogP contribution is -2.26. The standard InChI is InChI=1S/C11H15NO3/c1-4-7-9(10(13)12-6-3)8(5-2)11(14)15/h4-5,7H,1,6H2,2-3H3,(H,12,13)(H,14,15)/b8-5+,9-7+. The first kappa shape index (κ1) is 13.2. The summed E-state index contributed by atoms with van der Waals surface area (Å²) in [7, 11) is 0. The molecule has 0 bridgehead atoms. The molecule has 0 atom stereocenters. The SMILES string of the molecule is C=C/C=C(C(=O)NCC)\C(=C/C)C(=O)O. The topological polar surface area (TPSA) is 66.4 Å². The van der Waals surface area contributed by atoms with Crippen molar-refractivity contribution >= 4 is 11.9 Å². The Morgan fingerprint density at radius 1 is 1.40 bits per heavy atom. The summed E-state index contributed by atoms with van der Waals surface area (Å²) in [6.45, 7) is 7.22. The van der Waals surface area contributed by atoms with Crippen LogP contribution in [0.25, 0.3) is 0 Å². The number of rotatable bonds is 5. The normalized spacial score (nSPS) is 12.1. The second-order valence-corrected chi connectivity index (χ2v) is 2.68. The first-order valence-electron chi connectivity index (χ1n) is 4.59. The van der Waals surface area contributed by atoms with E-state index in [0.29, 0.717) is 6.54 Å². The molecule has 0 saturated heterocycles. The molecule has 0 aromatic carbocycles. The highest BCUT2D eigenvalue weighted by Crippen LogP contribution is 2.10. The zero-order valence-corrected chi connectivity index (χ0v) is 8.91. The Labute approximate surface area is 89.0 Å². The average Bonchev–Trinajstić information content (AvgIpc) is 2.17. The van der Waals surface area contributed by atoms with Gasteiger partial charge in [-0.1, -0.05) is 18.7 Å². The first-order valence-corrected chi connectivity index (χ1v) is 4.59. The number of nitrogens with one attached hydrogen (secondary N) is 1. The number of carboxylic acid groups (broad SMARTS) is 1. The number of likely N-dealkylation sites (N-methyl/N-ethyl adjacent to an activating group) is 1. The van der Waals surface area contributed by atoms with Gasteiger partial charge in [-0.25, -0.2) is 4.79 Å². The predicted octanol–water partition coefficient (Wildman–Crippen LogP) is 1.27. The summed E-state index contributed by atoms with van der Waals surface area (Å²) < 4.78 is 0. The van der Waals surface area contributed by atoms with Crippen LogP contribution in [0.5, 0.6) is 0 Å². The minimum absolute atomic E-state index is 0.0270. The van der Waals surface area contributed by atoms with Crippen molar-refractivity contribution in [1.29, 1.82) is 0 Å². The van der Waals surface area contributed by atoms with E-state index in [2.05, 4.69) is 11.9 Å². The van der Waals surface area contributed by atoms with Gasteiger partial charge in [0.25, 0.3) is 5.91 Å². The Hall–Kier alpha value is -1.84. The van der Waals surface area contributed by atoms with Gasteiger partial charge in [-0.3, -0.25) is 4.79 Å². The van der Waals surface area contributed by atoms with Crippen LogP contribution < -0.4 is 5.32 Å². The highest BCUT2D eigenvalue weighted by molar-refractivity contribution is 6.08. The fourth-order valence-electron chi connectivity index (χ4n) is 1.06. The molecule has 0 aliphatic heterocycles. The van der Waals surface area contributed by atoms with Crippen LogP contribution in [-0.4, -0.2) is 23.5 Å². The van der Waals surface area contributed by atoms with E-state index in [0.717, 1.165) is 0 Å². The predicted molar refractivity (Wildman–Crippen MR) is 58.4 cm³/mol. The maximum absolute atomic E-state index is 11.5. The largest absolute Gasteiger partial charge is 0.478 e. The van der Waals surface area contributed by atoms with Crippen LogP contribution in [-0.2, 0) is 9.59 Å². The number of aliphatic carboxylic acids is 1. The van der Waals surface area contributed by atoms with Gasteiger partial charge in [-0.2, -0.15) is 0 Å². The van der Waals surface area contributed by atoms with Crippen LogP contribution in [0, 0.1) is 0 Å². The molecule has 2 N–H and O–H groups in total. The van der Waals surface area contributed by atoms with Crippen molar-refractivity contribution in [2.45, 2.75) is 13.8 Å². The lowest BCUT2D eigenvalue weighted by atomic mass is 10.0. The molecule has 0 aliphatic rings. The number of allylic oxidation sites excluding steroid dienone is 3. The second kappa shape index (κ2) is 6.59. The minimum atomic E-state index is -1.13. The van der Waals surface area contributed by atoms with E-state index in [1.54, 1.807) is 13.8 Å². The molecule has 0 aromatic heterocycles. The highest BCUT2D eigenvalue weighted by atomic mass is 16.4. The quantitative estimate of drug-likeness (QED) is 0.529. The molecular weight excluding hydrogens is 194 g/mol. The number of hydrogen-bond donors (Lipinski definition) is 2. The second-order valence-electron chi connectivity index (χ2n) is 2.68. The van der Waals surface area contributed by atoms with E-state index in [1.807, 2.05) is 0 Å². The van der Waals surface area contributed by atoms with E-state index >= 15 is 0 Å². The maximum Gasteiger partial charge on any atom is 0.336 e. The van der Waals surface area contributed by atoms with Crippen molar-refractivity contribution in [3.05, 3.63) is 36.0 Å². The third-order valence-electron chi connectivity index (χ3n) is 1.68. The molecule has 82 valence electrons. The summed E-state index contributed by atoms with van der Waals surface area (Å²) in [5.41, 5.74) is 0.0858. The van der Waals surface area contributed by atoms with Gasteiger partial charge in [-0.05, 0) is 19.9 Å². The van der Waals surface area contributed by atoms with Gasteiger partial charge in [0, 0.05) is 6.54 Å². The Morgan fingerprint density at radius 2 is 2.00 bits per heavy atom. The molecule has 4 nitrogen and oxygen atoms in total. The Morgan fingerprint density at radius 3 is 2.33 bits per heavy atom. The third-order valence-corrected chi connectivity index (χ3v) is 1.68. The molecule has 0 aromatic rings. The first-order chi connectivity index (χ1) is 7.08. The molecule has 4 heteroatoms. The summed E-state index contributed by atoms with van der Waals surface area (Å²) in [4.78, 5) is 22.3. The Bertz CT molecular complexity index is 327. The van der Waals surface area contributed by atoms with Gasteiger partial charge in [-0.15, -0.1) is 0 Å². The number of carbonyl (C=O) groups is 2. The zero-order valence-electron chi connectivity index (χ0n) is 8.91. The minimum Gasteiger partial charge on any atom is -0.478 e. The van der Waals surface area contributed by atoms with Gasteiger partial charge in [0.1, 0.15) is 0 Å². The van der Waals surface area contributed by atoms with Gasteiger partial charge in [0.15, 0.2) is 0 Å². The van der Waals surface area contributed by atoms with Crippen LogP contribution in [0.15, 0.2) is 36.0 Å². The van der Waals surface area contributed by atoms with Crippen LogP contribution in [0.4, 0.5) is 0 Å². The molecule has 0 aliphatic carbocycles. The van der Waals surface area contributed by atoms with Gasteiger partial charge in [0.05, 0.1) is 11.1 Å². The molecule has 15 heavy (non-hydrogen) atoms. The average molecular weight is 209 g/mol. The Kier molecular flexibility index (Phi) is 5.78. The smallest absolute Gasteiger partial charge is 0.336 e. The van der Waals surface area contributed by atoms with Gasteiger partial charge >= 0.3 is 5.97 Å². The van der Waals surface area contributed by atoms with Crippen molar-refractivity contribution in [3.63, 3.8) is 0 Å². The fraction of sp³-hybridized carbons (Fsp3) is 0.273. The van der Waals surface area contributed by atoms with Gasteiger partial charge in [0.2, 0.25) is 0 Å². The summed E-state index contributed by atoms with van der Waals surface area (Å²) in [6, 6.07) is 0. The molecule has 0 unspecified atom stereocenters. The van der Waals surface area contributed by atoms with E-state index < -0.39 is 11.9 Å². The summed E-state index contributed by atoms with van der Waals surface area (Å²) in [6.07, 6.45) is 4.15. The molecule has 0 saturated carbocycles. The van der Waals surface area contributed by atoms with E-state index in [9.17, 15) is 9.59 Å². The number of hydrogen-bond acceptors (Lipinski definition) is 2. The van der Waals surface area contributed by atoms with Crippen LogP contribution in [0.2, 0.25) is 0 Å². The lowest BCUT2D eigenvalue weighted by Gasteiger charge is -2.07. The van der Waals surface area contributed by atoms with Crippen LogP contribution >= 0.6 is 0 Å². The fourth-order valence-corrected chi connectivity index (χ4v) is 1.06. The van der Waals surface area contributed by atoms with E-state index in [-0.39, 0.29) is 11.1 Å². The molecular formula is C11H15NO3. The molecule has 0 radical (unpaired) electrons. The van der Waals surface area contributed by atoms with Crippen LogP contribution in [0.1, 0.15) is 13.8 Å². The Balaban J connectivity index is 5.14. The van der Waals surface area contributed by atoms with Crippen LogP contribution in [0.3, 0.4) is 0 Å². The summed E-state index contributed by atoms with van der Waals surface area (Å²) >= 11 is 0. The maximum atomic E-state index is 11.5. The van der Waals surface area contributed by atoms with E-state index in [1.165, 1.54) is 18.2 Å². The van der Waals surface area contributed by atoms with Crippen molar-refractivity contribution < 1.29 is 14.7 Å². The molecule has 1 amide bonds. The van der Waals surface area contributed by atoms with Crippen molar-refractivity contribution in [1.82, 2.24) is 5.32 Å². The number of carboxylic acids is 1. The highest BCUT2D eigenvalue weighted by Gasteiger charge is 2.17. The summed E-state index contributed by atoms with van der Waals surface area (Å²) in [5.74, 6) is -1.54. The lowest BCUT2D eigenvalue weighted by molar-refractivity contribution is -0.133. The number of amides is 1. The monoisotopic (exact) mass is 209 g/mol. The van der Waals surface area contributed by atoms with E-state index in [4.69, 9.17) is 5.11 Å². The van der Waals surface area contributed by atoms with Crippen molar-refractivity contribution in [2.75, 3.05) is 6.54 Å². The zero-order chi connectivity index (χ0) is 11.8. The molecule has 0 fully saturated rings. The van der Waals surface area contributed by atoms with Crippen molar-refractivity contribution in [3.8, 4) is 0 Å². The summed E-state index contributed by atoms with van der Waals surface area (Å²) in [5, 5.41) is 11.4. The number of carbonyl (C=O) groups excluding carboxylic acids is 1. The molecule has 0 heterocycles. The molecule has 0 rings (SSSR count).